The number of amides is 1. The van der Waals surface area contributed by atoms with Crippen LogP contribution in [-0.2, 0) is 9.53 Å². The maximum atomic E-state index is 10.8. The summed E-state index contributed by atoms with van der Waals surface area (Å²) < 4.78 is 5.03. The van der Waals surface area contributed by atoms with Crippen molar-refractivity contribution in [3.05, 3.63) is 24.3 Å². The molecule has 0 aromatic heterocycles. The van der Waals surface area contributed by atoms with Gasteiger partial charge in [-0.05, 0) is 31.2 Å². The van der Waals surface area contributed by atoms with E-state index in [-0.39, 0.29) is 11.9 Å². The average Bonchev–Trinajstić information content (AvgIpc) is 2.20. The Morgan fingerprint density at radius 1 is 1.31 bits per heavy atom. The van der Waals surface area contributed by atoms with Gasteiger partial charge < -0.3 is 15.4 Å². The van der Waals surface area contributed by atoms with Gasteiger partial charge in [0.15, 0.2) is 0 Å². The van der Waals surface area contributed by atoms with E-state index in [1.807, 2.05) is 31.2 Å². The van der Waals surface area contributed by atoms with Crippen molar-refractivity contribution in [2.45, 2.75) is 19.9 Å². The minimum atomic E-state index is -0.0616. The molecule has 4 nitrogen and oxygen atoms in total. The Balaban J connectivity index is 2.54. The predicted molar refractivity (Wildman–Crippen MR) is 65.7 cm³/mol. The highest BCUT2D eigenvalue weighted by molar-refractivity contribution is 5.88. The van der Waals surface area contributed by atoms with Crippen LogP contribution in [0.5, 0.6) is 0 Å². The van der Waals surface area contributed by atoms with Crippen molar-refractivity contribution in [2.24, 2.45) is 0 Å². The fourth-order valence-corrected chi connectivity index (χ4v) is 1.43. The largest absolute Gasteiger partial charge is 0.383 e. The van der Waals surface area contributed by atoms with E-state index in [1.54, 1.807) is 7.11 Å². The molecule has 1 amide bonds. The summed E-state index contributed by atoms with van der Waals surface area (Å²) in [6.45, 7) is 4.20. The van der Waals surface area contributed by atoms with E-state index in [0.717, 1.165) is 11.4 Å². The maximum Gasteiger partial charge on any atom is 0.221 e. The number of rotatable bonds is 5. The van der Waals surface area contributed by atoms with E-state index < -0.39 is 0 Å². The minimum Gasteiger partial charge on any atom is -0.383 e. The van der Waals surface area contributed by atoms with Crippen molar-refractivity contribution in [3.63, 3.8) is 0 Å². The lowest BCUT2D eigenvalue weighted by atomic mass is 10.2. The summed E-state index contributed by atoms with van der Waals surface area (Å²) in [6.07, 6.45) is 0. The highest BCUT2D eigenvalue weighted by Crippen LogP contribution is 2.14. The normalized spacial score (nSPS) is 11.9. The van der Waals surface area contributed by atoms with Crippen LogP contribution < -0.4 is 10.6 Å². The molecule has 0 aliphatic rings. The second kappa shape index (κ2) is 6.12. The molecule has 0 saturated carbocycles. The third kappa shape index (κ3) is 4.31. The minimum absolute atomic E-state index is 0.0616. The number of carbonyl (C=O) groups excluding carboxylic acids is 1. The van der Waals surface area contributed by atoms with Crippen LogP contribution in [-0.4, -0.2) is 25.7 Å². The molecule has 1 aromatic rings. The van der Waals surface area contributed by atoms with Crippen LogP contribution >= 0.6 is 0 Å². The van der Waals surface area contributed by atoms with E-state index in [0.29, 0.717) is 6.61 Å². The monoisotopic (exact) mass is 222 g/mol. The second-order valence-electron chi connectivity index (χ2n) is 3.76. The standard InChI is InChI=1S/C12H18N2O2/c1-9(8-16-3)13-11-4-6-12(7-5-11)14-10(2)15/h4-7,9,13H,8H2,1-3H3,(H,14,15). The number of carbonyl (C=O) groups is 1. The van der Waals surface area contributed by atoms with E-state index in [9.17, 15) is 4.79 Å². The molecule has 0 fully saturated rings. The third-order valence-corrected chi connectivity index (χ3v) is 2.04. The first-order chi connectivity index (χ1) is 7.61. The van der Waals surface area contributed by atoms with Crippen LogP contribution in [0.2, 0.25) is 0 Å². The first-order valence-corrected chi connectivity index (χ1v) is 5.25. The van der Waals surface area contributed by atoms with Gasteiger partial charge in [0, 0.05) is 31.5 Å². The lowest BCUT2D eigenvalue weighted by Crippen LogP contribution is -2.20. The van der Waals surface area contributed by atoms with Gasteiger partial charge in [0.05, 0.1) is 6.61 Å². The maximum absolute atomic E-state index is 10.8. The summed E-state index contributed by atoms with van der Waals surface area (Å²) in [7, 11) is 1.68. The second-order valence-corrected chi connectivity index (χ2v) is 3.76. The smallest absolute Gasteiger partial charge is 0.221 e. The number of nitrogens with one attached hydrogen (secondary N) is 2. The molecule has 0 spiro atoms. The molecule has 1 aromatic carbocycles. The fourth-order valence-electron chi connectivity index (χ4n) is 1.43. The molecule has 1 atom stereocenters. The predicted octanol–water partition coefficient (Wildman–Crippen LogP) is 2.09. The number of methoxy groups -OCH3 is 1. The first-order valence-electron chi connectivity index (χ1n) is 5.25. The van der Waals surface area contributed by atoms with Gasteiger partial charge in [-0.2, -0.15) is 0 Å². The van der Waals surface area contributed by atoms with E-state index in [1.165, 1.54) is 6.92 Å². The Morgan fingerprint density at radius 3 is 2.38 bits per heavy atom. The summed E-state index contributed by atoms with van der Waals surface area (Å²) in [5, 5.41) is 6.00. The van der Waals surface area contributed by atoms with Gasteiger partial charge in [-0.1, -0.05) is 0 Å². The molecule has 0 saturated heterocycles. The number of anilines is 2. The number of benzene rings is 1. The molecule has 2 N–H and O–H groups in total. The van der Waals surface area contributed by atoms with Crippen molar-refractivity contribution < 1.29 is 9.53 Å². The molecule has 4 heteroatoms. The summed E-state index contributed by atoms with van der Waals surface area (Å²) in [5.41, 5.74) is 1.82. The van der Waals surface area contributed by atoms with Gasteiger partial charge in [0.25, 0.3) is 0 Å². The van der Waals surface area contributed by atoms with E-state index >= 15 is 0 Å². The molecular formula is C12H18N2O2. The summed E-state index contributed by atoms with van der Waals surface area (Å²) in [5.74, 6) is -0.0616. The lowest BCUT2D eigenvalue weighted by molar-refractivity contribution is -0.114. The SMILES string of the molecule is COCC(C)Nc1ccc(NC(C)=O)cc1. The average molecular weight is 222 g/mol. The molecule has 88 valence electrons. The summed E-state index contributed by atoms with van der Waals surface area (Å²) >= 11 is 0. The van der Waals surface area contributed by atoms with Crippen molar-refractivity contribution in [3.8, 4) is 0 Å². The van der Waals surface area contributed by atoms with Crippen LogP contribution in [0.4, 0.5) is 11.4 Å². The molecular weight excluding hydrogens is 204 g/mol. The highest BCUT2D eigenvalue weighted by Gasteiger charge is 2.01. The van der Waals surface area contributed by atoms with Crippen molar-refractivity contribution in [1.29, 1.82) is 0 Å². The molecule has 0 aliphatic carbocycles. The highest BCUT2D eigenvalue weighted by atomic mass is 16.5. The topological polar surface area (TPSA) is 50.4 Å². The Hall–Kier alpha value is -1.55. The summed E-state index contributed by atoms with van der Waals surface area (Å²) in [4.78, 5) is 10.8. The molecule has 1 rings (SSSR count). The molecule has 1 unspecified atom stereocenters. The number of hydrogen-bond acceptors (Lipinski definition) is 3. The van der Waals surface area contributed by atoms with Crippen LogP contribution in [0.25, 0.3) is 0 Å². The van der Waals surface area contributed by atoms with Crippen LogP contribution in [0, 0.1) is 0 Å². The Morgan fingerprint density at radius 2 is 1.88 bits per heavy atom. The van der Waals surface area contributed by atoms with Gasteiger partial charge in [0.2, 0.25) is 5.91 Å². The van der Waals surface area contributed by atoms with Crippen molar-refractivity contribution >= 4 is 17.3 Å². The van der Waals surface area contributed by atoms with Gasteiger partial charge in [0.1, 0.15) is 0 Å². The molecule has 0 aliphatic heterocycles. The third-order valence-electron chi connectivity index (χ3n) is 2.04. The van der Waals surface area contributed by atoms with Crippen molar-refractivity contribution in [1.82, 2.24) is 0 Å². The molecule has 0 heterocycles. The van der Waals surface area contributed by atoms with Crippen LogP contribution in [0.3, 0.4) is 0 Å². The van der Waals surface area contributed by atoms with Gasteiger partial charge >= 0.3 is 0 Å². The lowest BCUT2D eigenvalue weighted by Gasteiger charge is -2.14. The zero-order valence-corrected chi connectivity index (χ0v) is 9.91. The molecule has 0 bridgehead atoms. The molecule has 16 heavy (non-hydrogen) atoms. The zero-order chi connectivity index (χ0) is 12.0. The van der Waals surface area contributed by atoms with Crippen molar-refractivity contribution in [2.75, 3.05) is 24.4 Å². The summed E-state index contributed by atoms with van der Waals surface area (Å²) in [6, 6.07) is 7.85. The Bertz CT molecular complexity index is 335. The van der Waals surface area contributed by atoms with E-state index in [4.69, 9.17) is 4.74 Å². The van der Waals surface area contributed by atoms with Gasteiger partial charge in [-0.25, -0.2) is 0 Å². The number of hydrogen-bond donors (Lipinski definition) is 2. The first kappa shape index (κ1) is 12.5. The Kier molecular flexibility index (Phi) is 4.79. The van der Waals surface area contributed by atoms with Gasteiger partial charge in [-0.15, -0.1) is 0 Å². The molecule has 0 radical (unpaired) electrons. The van der Waals surface area contributed by atoms with Crippen LogP contribution in [0.1, 0.15) is 13.8 Å². The Labute approximate surface area is 96.0 Å². The zero-order valence-electron chi connectivity index (χ0n) is 9.91. The quantitative estimate of drug-likeness (QED) is 0.802. The number of ether oxygens (including phenoxy) is 1. The van der Waals surface area contributed by atoms with Crippen LogP contribution in [0.15, 0.2) is 24.3 Å². The fraction of sp³-hybridized carbons (Fsp3) is 0.417. The van der Waals surface area contributed by atoms with Gasteiger partial charge in [-0.3, -0.25) is 4.79 Å². The van der Waals surface area contributed by atoms with E-state index in [2.05, 4.69) is 10.6 Å².